The van der Waals surface area contributed by atoms with E-state index in [0.717, 1.165) is 34.6 Å². The molecule has 0 fully saturated rings. The monoisotopic (exact) mass is 302 g/mol. The van der Waals surface area contributed by atoms with Gasteiger partial charge in [-0.3, -0.25) is 0 Å². The third-order valence-corrected chi connectivity index (χ3v) is 4.99. The Morgan fingerprint density at radius 2 is 1.62 bits per heavy atom. The first-order chi connectivity index (χ1) is 9.82. The topological polar surface area (TPSA) is 61.3 Å². The lowest BCUT2D eigenvalue weighted by molar-refractivity contribution is 0.452. The molecular formula is C17H19ClN2O. The fraction of sp³-hybridized carbons (Fsp3) is 0.294. The van der Waals surface area contributed by atoms with Crippen LogP contribution in [-0.4, -0.2) is 0 Å². The summed E-state index contributed by atoms with van der Waals surface area (Å²) < 4.78 is 6.17. The number of hydrogen-bond donors (Lipinski definition) is 2. The van der Waals surface area contributed by atoms with Crippen LogP contribution in [0.1, 0.15) is 33.4 Å². The molecule has 4 heteroatoms. The molecule has 0 saturated heterocycles. The summed E-state index contributed by atoms with van der Waals surface area (Å²) in [6.07, 6.45) is 0.719. The molecule has 110 valence electrons. The van der Waals surface area contributed by atoms with Crippen LogP contribution in [0.4, 0.5) is 11.4 Å². The first kappa shape index (κ1) is 14.1. The maximum absolute atomic E-state index is 6.38. The van der Waals surface area contributed by atoms with Gasteiger partial charge in [-0.1, -0.05) is 17.7 Å². The van der Waals surface area contributed by atoms with E-state index in [9.17, 15) is 0 Å². The second-order valence-corrected chi connectivity index (χ2v) is 6.16. The summed E-state index contributed by atoms with van der Waals surface area (Å²) in [5.41, 5.74) is 19.6. The number of nitrogen functional groups attached to an aromatic ring is 2. The van der Waals surface area contributed by atoms with Crippen LogP contribution in [0.5, 0.6) is 11.5 Å². The van der Waals surface area contributed by atoms with Gasteiger partial charge < -0.3 is 16.2 Å². The highest BCUT2D eigenvalue weighted by Crippen LogP contribution is 2.48. The van der Waals surface area contributed by atoms with E-state index in [-0.39, 0.29) is 0 Å². The predicted molar refractivity (Wildman–Crippen MR) is 88.5 cm³/mol. The Balaban J connectivity index is 2.27. The lowest BCUT2D eigenvalue weighted by Gasteiger charge is -2.27. The van der Waals surface area contributed by atoms with Gasteiger partial charge in [-0.25, -0.2) is 0 Å². The van der Waals surface area contributed by atoms with E-state index in [1.165, 1.54) is 16.7 Å². The van der Waals surface area contributed by atoms with Crippen LogP contribution in [0.25, 0.3) is 0 Å². The fourth-order valence-corrected chi connectivity index (χ4v) is 3.19. The molecule has 4 N–H and O–H groups in total. The number of benzene rings is 2. The van der Waals surface area contributed by atoms with E-state index in [1.807, 2.05) is 6.92 Å². The average molecular weight is 303 g/mol. The van der Waals surface area contributed by atoms with E-state index in [2.05, 4.69) is 26.8 Å². The second-order valence-electron chi connectivity index (χ2n) is 5.78. The summed E-state index contributed by atoms with van der Waals surface area (Å²) in [5.74, 6) is 1.68. The summed E-state index contributed by atoms with van der Waals surface area (Å²) >= 11 is 6.38. The molecule has 0 aliphatic carbocycles. The Bertz CT molecular complexity index is 782. The molecule has 0 radical (unpaired) electrons. The minimum absolute atomic E-state index is 0.445. The predicted octanol–water partition coefficient (Wildman–Crippen LogP) is 4.43. The zero-order valence-corrected chi connectivity index (χ0v) is 13.5. The first-order valence-electron chi connectivity index (χ1n) is 6.96. The van der Waals surface area contributed by atoms with Crippen LogP contribution in [0.2, 0.25) is 5.02 Å². The number of hydrogen-bond acceptors (Lipinski definition) is 3. The van der Waals surface area contributed by atoms with Crippen LogP contribution < -0.4 is 16.2 Å². The van der Waals surface area contributed by atoms with Gasteiger partial charge in [0.15, 0.2) is 0 Å². The molecular weight excluding hydrogens is 284 g/mol. The summed E-state index contributed by atoms with van der Waals surface area (Å²) in [4.78, 5) is 0. The highest BCUT2D eigenvalue weighted by atomic mass is 35.5. The van der Waals surface area contributed by atoms with Crippen molar-refractivity contribution in [2.24, 2.45) is 0 Å². The number of halogens is 1. The molecule has 3 rings (SSSR count). The fourth-order valence-electron chi connectivity index (χ4n) is 2.94. The van der Waals surface area contributed by atoms with Gasteiger partial charge in [-0.15, -0.1) is 0 Å². The molecule has 0 spiro atoms. The maximum Gasteiger partial charge on any atom is 0.137 e. The van der Waals surface area contributed by atoms with E-state index < -0.39 is 0 Å². The van der Waals surface area contributed by atoms with Crippen molar-refractivity contribution in [3.05, 3.63) is 44.5 Å². The summed E-state index contributed by atoms with van der Waals surface area (Å²) in [6, 6.07) is 2.17. The molecule has 0 bridgehead atoms. The van der Waals surface area contributed by atoms with Gasteiger partial charge in [-0.05, 0) is 49.9 Å². The number of nitrogens with two attached hydrogens (primary N) is 2. The van der Waals surface area contributed by atoms with Crippen molar-refractivity contribution in [3.63, 3.8) is 0 Å². The van der Waals surface area contributed by atoms with Crippen LogP contribution in [-0.2, 0) is 6.42 Å². The minimum Gasteiger partial charge on any atom is -0.456 e. The van der Waals surface area contributed by atoms with Crippen molar-refractivity contribution in [2.75, 3.05) is 11.5 Å². The zero-order chi connectivity index (χ0) is 15.5. The molecule has 1 aliphatic heterocycles. The number of ether oxygens (including phenoxy) is 1. The van der Waals surface area contributed by atoms with Gasteiger partial charge in [0.1, 0.15) is 11.5 Å². The highest BCUT2D eigenvalue weighted by molar-refractivity contribution is 6.35. The van der Waals surface area contributed by atoms with Crippen molar-refractivity contribution in [3.8, 4) is 11.5 Å². The van der Waals surface area contributed by atoms with Crippen molar-refractivity contribution in [2.45, 2.75) is 34.1 Å². The minimum atomic E-state index is 0.445. The molecule has 0 saturated carbocycles. The molecule has 2 aromatic rings. The quantitative estimate of drug-likeness (QED) is 0.604. The molecule has 2 aromatic carbocycles. The molecule has 0 atom stereocenters. The number of aryl methyl sites for hydroxylation is 1. The van der Waals surface area contributed by atoms with Gasteiger partial charge >= 0.3 is 0 Å². The zero-order valence-electron chi connectivity index (χ0n) is 12.7. The number of fused-ring (bicyclic) bond motifs is 2. The molecule has 1 heterocycles. The summed E-state index contributed by atoms with van der Waals surface area (Å²) in [6.45, 7) is 8.23. The van der Waals surface area contributed by atoms with Crippen LogP contribution in [0, 0.1) is 27.7 Å². The van der Waals surface area contributed by atoms with Crippen molar-refractivity contribution < 1.29 is 4.74 Å². The molecule has 0 aromatic heterocycles. The molecule has 0 amide bonds. The standard InChI is InChI=1S/C17H19ClN2O/c1-7-5-11-6-12-13(18)15(20)14(19)10(4)17(12)21-16(11)9(3)8(7)2/h5H,6,19-20H2,1-4H3. The van der Waals surface area contributed by atoms with Crippen LogP contribution in [0.15, 0.2) is 6.07 Å². The second kappa shape index (κ2) is 4.57. The van der Waals surface area contributed by atoms with Crippen LogP contribution in [0.3, 0.4) is 0 Å². The third-order valence-electron chi connectivity index (χ3n) is 4.56. The Morgan fingerprint density at radius 3 is 2.29 bits per heavy atom. The Labute approximate surface area is 129 Å². The maximum atomic E-state index is 6.38. The first-order valence-corrected chi connectivity index (χ1v) is 7.34. The van der Waals surface area contributed by atoms with E-state index in [1.54, 1.807) is 0 Å². The number of anilines is 2. The summed E-state index contributed by atoms with van der Waals surface area (Å²) in [5, 5.41) is 0.509. The van der Waals surface area contributed by atoms with Gasteiger partial charge in [0, 0.05) is 17.5 Å². The van der Waals surface area contributed by atoms with Crippen molar-refractivity contribution in [1.29, 1.82) is 0 Å². The number of rotatable bonds is 0. The Kier molecular flexibility index (Phi) is 3.06. The van der Waals surface area contributed by atoms with Gasteiger partial charge in [0.2, 0.25) is 0 Å². The largest absolute Gasteiger partial charge is 0.456 e. The van der Waals surface area contributed by atoms with E-state index in [4.69, 9.17) is 27.8 Å². The highest BCUT2D eigenvalue weighted by Gasteiger charge is 2.27. The van der Waals surface area contributed by atoms with Crippen LogP contribution >= 0.6 is 11.6 Å². The normalized spacial score (nSPS) is 12.6. The Morgan fingerprint density at radius 1 is 0.952 bits per heavy atom. The van der Waals surface area contributed by atoms with Gasteiger partial charge in [-0.2, -0.15) is 0 Å². The smallest absolute Gasteiger partial charge is 0.137 e. The van der Waals surface area contributed by atoms with Gasteiger partial charge in [0.25, 0.3) is 0 Å². The molecule has 3 nitrogen and oxygen atoms in total. The molecule has 1 aliphatic rings. The van der Waals surface area contributed by atoms with Crippen molar-refractivity contribution in [1.82, 2.24) is 0 Å². The Hall–Kier alpha value is -1.87. The van der Waals surface area contributed by atoms with E-state index in [0.29, 0.717) is 16.4 Å². The third kappa shape index (κ3) is 1.88. The van der Waals surface area contributed by atoms with Crippen molar-refractivity contribution >= 4 is 23.0 Å². The lowest BCUT2D eigenvalue weighted by Crippen LogP contribution is -2.11. The van der Waals surface area contributed by atoms with Gasteiger partial charge in [0.05, 0.1) is 16.4 Å². The summed E-state index contributed by atoms with van der Waals surface area (Å²) in [7, 11) is 0. The molecule has 21 heavy (non-hydrogen) atoms. The van der Waals surface area contributed by atoms with E-state index >= 15 is 0 Å². The average Bonchev–Trinajstić information content (AvgIpc) is 2.47. The lowest BCUT2D eigenvalue weighted by atomic mass is 9.91. The molecule has 0 unspecified atom stereocenters. The SMILES string of the molecule is Cc1cc2c(c(C)c1C)Oc1c(C)c(N)c(N)c(Cl)c1C2.